The second kappa shape index (κ2) is 16.6. The summed E-state index contributed by atoms with van der Waals surface area (Å²) in [6.07, 6.45) is 6.73. The number of thiophene rings is 1. The smallest absolute Gasteiger partial charge is 0.335 e. The number of hydrogen-bond donors (Lipinski definition) is 4. The first-order valence-corrected chi connectivity index (χ1v) is 18.8. The maximum atomic E-state index is 13.8. The molecule has 1 saturated carbocycles. The number of benzene rings is 3. The molecule has 10 nitrogen and oxygen atoms in total. The zero-order valence-corrected chi connectivity index (χ0v) is 30.3. The summed E-state index contributed by atoms with van der Waals surface area (Å²) in [7, 11) is 0. The fraction of sp³-hybridized carbons (Fsp3) is 0.366. The molecular weight excluding hydrogens is 679 g/mol. The Balaban J connectivity index is 1.12. The maximum Gasteiger partial charge on any atom is 0.335 e. The summed E-state index contributed by atoms with van der Waals surface area (Å²) < 4.78 is 5.79. The number of hydrogen-bond acceptors (Lipinski definition) is 7. The van der Waals surface area contributed by atoms with Gasteiger partial charge in [0.25, 0.3) is 11.8 Å². The number of anilines is 2. The minimum absolute atomic E-state index is 0.190. The van der Waals surface area contributed by atoms with Gasteiger partial charge in [-0.15, -0.1) is 11.3 Å². The van der Waals surface area contributed by atoms with Crippen LogP contribution in [0.25, 0.3) is 0 Å². The first-order chi connectivity index (χ1) is 25.0. The Hall–Kier alpha value is -5.00. The highest BCUT2D eigenvalue weighted by Crippen LogP contribution is 2.39. The lowest BCUT2D eigenvalue weighted by Gasteiger charge is -2.38. The average molecular weight is 724 g/mol. The molecule has 0 aliphatic heterocycles. The maximum absolute atomic E-state index is 13.8. The summed E-state index contributed by atoms with van der Waals surface area (Å²) >= 11 is 1.48. The van der Waals surface area contributed by atoms with Gasteiger partial charge in [0.2, 0.25) is 0 Å². The lowest BCUT2D eigenvalue weighted by molar-refractivity contribution is -0.143. The van der Waals surface area contributed by atoms with E-state index in [0.29, 0.717) is 53.0 Å². The van der Waals surface area contributed by atoms with E-state index in [2.05, 4.69) is 29.4 Å². The molecule has 3 aromatic carbocycles. The second-order valence-corrected chi connectivity index (χ2v) is 15.1. The van der Waals surface area contributed by atoms with Crippen molar-refractivity contribution in [1.29, 1.82) is 0 Å². The van der Waals surface area contributed by atoms with Gasteiger partial charge in [-0.3, -0.25) is 19.3 Å². The molecule has 2 aliphatic carbocycles. The number of aryl methyl sites for hydroxylation is 1. The summed E-state index contributed by atoms with van der Waals surface area (Å²) in [4.78, 5) is 53.7. The van der Waals surface area contributed by atoms with E-state index < -0.39 is 11.9 Å². The van der Waals surface area contributed by atoms with E-state index in [9.17, 15) is 24.3 Å². The van der Waals surface area contributed by atoms with E-state index >= 15 is 0 Å². The number of carboxylic acid groups (broad SMARTS) is 2. The van der Waals surface area contributed by atoms with Crippen molar-refractivity contribution in [2.45, 2.75) is 90.4 Å². The van der Waals surface area contributed by atoms with Crippen LogP contribution in [0.4, 0.5) is 10.7 Å². The molecule has 0 spiro atoms. The van der Waals surface area contributed by atoms with Gasteiger partial charge >= 0.3 is 11.9 Å². The second-order valence-electron chi connectivity index (χ2n) is 13.9. The Morgan fingerprint density at radius 1 is 0.827 bits per heavy atom. The Kier molecular flexibility index (Phi) is 11.7. The number of ether oxygens (including phenoxy) is 1. The summed E-state index contributed by atoms with van der Waals surface area (Å²) in [5.74, 6) is -1.95. The predicted octanol–water partition coefficient (Wildman–Crippen LogP) is 8.26. The summed E-state index contributed by atoms with van der Waals surface area (Å²) in [6.45, 7) is 5.24. The van der Waals surface area contributed by atoms with Crippen molar-refractivity contribution >= 4 is 45.8 Å². The van der Waals surface area contributed by atoms with Gasteiger partial charge in [-0.05, 0) is 130 Å². The highest BCUT2D eigenvalue weighted by molar-refractivity contribution is 7.17. The molecule has 4 aromatic rings. The van der Waals surface area contributed by atoms with Gasteiger partial charge in [-0.25, -0.2) is 4.79 Å². The van der Waals surface area contributed by atoms with Crippen LogP contribution in [0.1, 0.15) is 105 Å². The molecule has 2 aliphatic rings. The third kappa shape index (κ3) is 8.89. The zero-order chi connectivity index (χ0) is 36.8. The molecule has 0 radical (unpaired) electrons. The molecule has 0 atom stereocenters. The number of aliphatic carboxylic acids is 1. The Bertz CT molecular complexity index is 1910. The van der Waals surface area contributed by atoms with E-state index in [-0.39, 0.29) is 35.9 Å². The normalized spacial score (nSPS) is 17.0. The van der Waals surface area contributed by atoms with Crippen LogP contribution >= 0.6 is 11.3 Å². The molecule has 2 amide bonds. The molecule has 6 rings (SSSR count). The van der Waals surface area contributed by atoms with E-state index in [1.165, 1.54) is 23.5 Å². The van der Waals surface area contributed by atoms with Crippen LogP contribution in [0.3, 0.4) is 0 Å². The monoisotopic (exact) mass is 723 g/mol. The highest BCUT2D eigenvalue weighted by Gasteiger charge is 2.31. The van der Waals surface area contributed by atoms with Gasteiger partial charge in [0.15, 0.2) is 0 Å². The predicted molar refractivity (Wildman–Crippen MR) is 202 cm³/mol. The first kappa shape index (κ1) is 36.8. The van der Waals surface area contributed by atoms with Crippen LogP contribution in [-0.2, 0) is 30.8 Å². The van der Waals surface area contributed by atoms with Crippen molar-refractivity contribution in [2.75, 3.05) is 10.6 Å². The molecule has 272 valence electrons. The number of carbonyl (C=O) groups is 4. The van der Waals surface area contributed by atoms with Crippen LogP contribution in [0, 0.1) is 5.92 Å². The van der Waals surface area contributed by atoms with Gasteiger partial charge < -0.3 is 25.6 Å². The standard InChI is InChI=1S/C41H45N3O7S/c1-25(2)44(32-18-12-28(13-19-32)40(47)48)23-27-6-5-7-30(22-27)37(45)43-39-36(34-8-3-4-9-35(34)52-39)38(46)42-31-16-10-26(11-17-31)24-51-33-20-14-29(15-21-33)41(49)50/h5-7,10-11,14-17,20-22,25,28,32H,3-4,8-9,12-13,18-19,23-24H2,1-2H3,(H,42,46)(H,43,45)(H,47,48)(H,49,50). The minimum atomic E-state index is -0.994. The van der Waals surface area contributed by atoms with Crippen LogP contribution < -0.4 is 15.4 Å². The SMILES string of the molecule is CC(C)N(Cc1cccc(C(=O)Nc2sc3c(c2C(=O)Nc2ccc(COc4ccc(C(=O)O)cc4)cc2)CCCC3)c1)C1CCC(C(=O)O)CC1. The molecule has 4 N–H and O–H groups in total. The highest BCUT2D eigenvalue weighted by atomic mass is 32.1. The zero-order valence-electron chi connectivity index (χ0n) is 29.5. The van der Waals surface area contributed by atoms with E-state index in [1.807, 2.05) is 42.5 Å². The number of fused-ring (bicyclic) bond motifs is 1. The lowest BCUT2D eigenvalue weighted by atomic mass is 9.85. The molecular formula is C41H45N3O7S. The number of aromatic carboxylic acids is 1. The lowest BCUT2D eigenvalue weighted by Crippen LogP contribution is -2.42. The number of carboxylic acids is 2. The van der Waals surface area contributed by atoms with E-state index in [1.54, 1.807) is 18.2 Å². The van der Waals surface area contributed by atoms with Crippen molar-refractivity contribution in [1.82, 2.24) is 4.90 Å². The summed E-state index contributed by atoms with van der Waals surface area (Å²) in [5, 5.41) is 25.2. The largest absolute Gasteiger partial charge is 0.489 e. The van der Waals surface area contributed by atoms with Gasteiger partial charge in [0.1, 0.15) is 17.4 Å². The van der Waals surface area contributed by atoms with Crippen molar-refractivity contribution in [3.63, 3.8) is 0 Å². The number of amides is 2. The number of nitrogens with zero attached hydrogens (tertiary/aromatic N) is 1. The molecule has 11 heteroatoms. The van der Waals surface area contributed by atoms with Crippen LogP contribution in [0.5, 0.6) is 5.75 Å². The van der Waals surface area contributed by atoms with Gasteiger partial charge in [0, 0.05) is 34.8 Å². The number of carbonyl (C=O) groups excluding carboxylic acids is 2. The fourth-order valence-electron chi connectivity index (χ4n) is 7.22. The topological polar surface area (TPSA) is 145 Å². The van der Waals surface area contributed by atoms with Crippen molar-refractivity contribution in [2.24, 2.45) is 5.92 Å². The molecule has 1 fully saturated rings. The van der Waals surface area contributed by atoms with Crippen molar-refractivity contribution in [3.8, 4) is 5.75 Å². The average Bonchev–Trinajstić information content (AvgIpc) is 3.51. The van der Waals surface area contributed by atoms with Crippen LogP contribution in [-0.4, -0.2) is 50.9 Å². The van der Waals surface area contributed by atoms with Crippen LogP contribution in [0.15, 0.2) is 72.8 Å². The van der Waals surface area contributed by atoms with E-state index in [4.69, 9.17) is 9.84 Å². The molecule has 1 heterocycles. The quantitative estimate of drug-likeness (QED) is 0.108. The van der Waals surface area contributed by atoms with Gasteiger partial charge in [-0.1, -0.05) is 24.3 Å². The first-order valence-electron chi connectivity index (χ1n) is 18.0. The number of rotatable bonds is 13. The van der Waals surface area contributed by atoms with Gasteiger partial charge in [-0.2, -0.15) is 0 Å². The molecule has 0 saturated heterocycles. The van der Waals surface area contributed by atoms with Crippen molar-refractivity contribution < 1.29 is 34.1 Å². The van der Waals surface area contributed by atoms with Crippen molar-refractivity contribution in [3.05, 3.63) is 111 Å². The van der Waals surface area contributed by atoms with Gasteiger partial charge in [0.05, 0.1) is 17.0 Å². The fourth-order valence-corrected chi connectivity index (χ4v) is 8.50. The van der Waals surface area contributed by atoms with Crippen LogP contribution in [0.2, 0.25) is 0 Å². The molecule has 1 aromatic heterocycles. The minimum Gasteiger partial charge on any atom is -0.489 e. The Morgan fingerprint density at radius 3 is 2.21 bits per heavy atom. The molecule has 0 bridgehead atoms. The molecule has 0 unspecified atom stereocenters. The number of nitrogens with one attached hydrogen (secondary N) is 2. The Labute approximate surface area is 307 Å². The Morgan fingerprint density at radius 2 is 1.54 bits per heavy atom. The summed E-state index contributed by atoms with van der Waals surface area (Å²) in [5.41, 5.74) is 4.73. The third-order valence-corrected chi connectivity index (χ3v) is 11.3. The molecule has 52 heavy (non-hydrogen) atoms. The third-order valence-electron chi connectivity index (χ3n) is 10.1. The summed E-state index contributed by atoms with van der Waals surface area (Å²) in [6, 6.07) is 21.7. The van der Waals surface area contributed by atoms with E-state index in [0.717, 1.165) is 60.1 Å².